The predicted molar refractivity (Wildman–Crippen MR) is 112 cm³/mol. The standard InChI is InChI=1S/C19H36BN3O5S/c1-11(2)7-16(23-17(24)13(21)10-22-29(6,25)26)20-27-15-9-12-8-14(18(12,3)4)19(15,5)28-20/h11-16,22H,7-10,21H2,1-6H3,(H,23,24)/t12-,13-,14-,15?,16-,19-/m0/s1. The van der Waals surface area contributed by atoms with Crippen LogP contribution in [0.4, 0.5) is 0 Å². The van der Waals surface area contributed by atoms with Crippen LogP contribution in [-0.2, 0) is 24.1 Å². The lowest BCUT2D eigenvalue weighted by Gasteiger charge is -2.64. The highest BCUT2D eigenvalue weighted by molar-refractivity contribution is 7.88. The number of nitrogens with one attached hydrogen (secondary N) is 2. The fraction of sp³-hybridized carbons (Fsp3) is 0.947. The summed E-state index contributed by atoms with van der Waals surface area (Å²) in [7, 11) is -3.94. The molecule has 0 radical (unpaired) electrons. The molecule has 6 atom stereocenters. The van der Waals surface area contributed by atoms with Crippen molar-refractivity contribution in [2.75, 3.05) is 12.8 Å². The van der Waals surface area contributed by atoms with Crippen molar-refractivity contribution in [2.45, 2.75) is 77.6 Å². The van der Waals surface area contributed by atoms with Crippen LogP contribution in [0.3, 0.4) is 0 Å². The van der Waals surface area contributed by atoms with E-state index in [0.717, 1.165) is 12.7 Å². The third kappa shape index (κ3) is 4.51. The van der Waals surface area contributed by atoms with Crippen molar-refractivity contribution in [1.29, 1.82) is 0 Å². The van der Waals surface area contributed by atoms with Gasteiger partial charge in [0.25, 0.3) is 0 Å². The first-order valence-electron chi connectivity index (χ1n) is 10.6. The molecule has 2 bridgehead atoms. The molecule has 4 N–H and O–H groups in total. The zero-order valence-corrected chi connectivity index (χ0v) is 19.2. The number of carbonyl (C=O) groups is 1. The van der Waals surface area contributed by atoms with Gasteiger partial charge in [0.2, 0.25) is 15.9 Å². The van der Waals surface area contributed by atoms with E-state index in [1.165, 1.54) is 6.42 Å². The summed E-state index contributed by atoms with van der Waals surface area (Å²) in [5.41, 5.74) is 5.79. The average Bonchev–Trinajstić information content (AvgIpc) is 2.94. The summed E-state index contributed by atoms with van der Waals surface area (Å²) in [4.78, 5) is 12.6. The maximum absolute atomic E-state index is 12.6. The van der Waals surface area contributed by atoms with Crippen LogP contribution >= 0.6 is 0 Å². The first kappa shape index (κ1) is 23.0. The third-order valence-electron chi connectivity index (χ3n) is 7.25. The van der Waals surface area contributed by atoms with Crippen LogP contribution in [0.2, 0.25) is 0 Å². The monoisotopic (exact) mass is 429 g/mol. The van der Waals surface area contributed by atoms with Gasteiger partial charge in [-0.2, -0.15) is 0 Å². The molecule has 3 saturated carbocycles. The fourth-order valence-electron chi connectivity index (χ4n) is 5.44. The molecule has 1 aliphatic heterocycles. The zero-order valence-electron chi connectivity index (χ0n) is 18.4. The normalized spacial score (nSPS) is 35.0. The molecule has 0 aromatic rings. The largest absolute Gasteiger partial charge is 0.481 e. The van der Waals surface area contributed by atoms with E-state index in [4.69, 9.17) is 15.0 Å². The van der Waals surface area contributed by atoms with E-state index >= 15 is 0 Å². The van der Waals surface area contributed by atoms with Crippen LogP contribution in [0.15, 0.2) is 0 Å². The quantitative estimate of drug-likeness (QED) is 0.488. The van der Waals surface area contributed by atoms with Gasteiger partial charge >= 0.3 is 7.12 Å². The Bertz CT molecular complexity index is 746. The Labute approximate surface area is 175 Å². The Balaban J connectivity index is 1.67. The molecule has 1 saturated heterocycles. The third-order valence-corrected chi connectivity index (χ3v) is 7.94. The Morgan fingerprint density at radius 2 is 1.93 bits per heavy atom. The second kappa shape index (κ2) is 7.78. The molecule has 3 aliphatic carbocycles. The van der Waals surface area contributed by atoms with Crippen molar-refractivity contribution in [3.05, 3.63) is 0 Å². The maximum atomic E-state index is 12.6. The summed E-state index contributed by atoms with van der Waals surface area (Å²) in [5, 5.41) is 2.95. The fourth-order valence-corrected chi connectivity index (χ4v) is 5.92. The van der Waals surface area contributed by atoms with Gasteiger partial charge in [-0.15, -0.1) is 0 Å². The molecular weight excluding hydrogens is 393 g/mol. The van der Waals surface area contributed by atoms with E-state index < -0.39 is 29.1 Å². The minimum atomic E-state index is -3.41. The Morgan fingerprint density at radius 1 is 1.28 bits per heavy atom. The number of hydrogen-bond acceptors (Lipinski definition) is 6. The minimum absolute atomic E-state index is 0.0383. The first-order chi connectivity index (χ1) is 13.2. The van der Waals surface area contributed by atoms with Crippen LogP contribution in [-0.4, -0.2) is 57.9 Å². The summed E-state index contributed by atoms with van der Waals surface area (Å²) >= 11 is 0. The summed E-state index contributed by atoms with van der Waals surface area (Å²) in [5.74, 6) is 0.665. The van der Waals surface area contributed by atoms with Gasteiger partial charge < -0.3 is 20.4 Å². The van der Waals surface area contributed by atoms with Crippen molar-refractivity contribution in [2.24, 2.45) is 28.9 Å². The van der Waals surface area contributed by atoms with E-state index in [-0.39, 0.29) is 29.6 Å². The van der Waals surface area contributed by atoms with Crippen LogP contribution < -0.4 is 15.8 Å². The van der Waals surface area contributed by atoms with E-state index in [1.54, 1.807) is 0 Å². The molecule has 29 heavy (non-hydrogen) atoms. The lowest BCUT2D eigenvalue weighted by Crippen LogP contribution is -2.65. The summed E-state index contributed by atoms with van der Waals surface area (Å²) in [6, 6.07) is -0.981. The molecule has 4 aliphatic rings. The van der Waals surface area contributed by atoms with Gasteiger partial charge in [-0.1, -0.05) is 27.7 Å². The van der Waals surface area contributed by atoms with Gasteiger partial charge in [0, 0.05) is 6.54 Å². The van der Waals surface area contributed by atoms with E-state index in [9.17, 15) is 13.2 Å². The van der Waals surface area contributed by atoms with Gasteiger partial charge in [0.15, 0.2) is 0 Å². The lowest BCUT2D eigenvalue weighted by atomic mass is 9.43. The highest BCUT2D eigenvalue weighted by atomic mass is 32.2. The van der Waals surface area contributed by atoms with Crippen molar-refractivity contribution < 1.29 is 22.5 Å². The molecule has 1 unspecified atom stereocenters. The highest BCUT2D eigenvalue weighted by Crippen LogP contribution is 2.65. The average molecular weight is 429 g/mol. The first-order valence-corrected chi connectivity index (χ1v) is 12.5. The molecule has 0 aromatic heterocycles. The molecule has 4 rings (SSSR count). The van der Waals surface area contributed by atoms with Crippen molar-refractivity contribution >= 4 is 23.0 Å². The van der Waals surface area contributed by atoms with Gasteiger partial charge in [-0.25, -0.2) is 13.1 Å². The topological polar surface area (TPSA) is 120 Å². The molecule has 8 nitrogen and oxygen atoms in total. The number of sulfonamides is 1. The molecule has 166 valence electrons. The molecule has 10 heteroatoms. The Morgan fingerprint density at radius 3 is 2.48 bits per heavy atom. The SMILES string of the molecule is CC(C)C[C@H](NC(=O)[C@@H](N)CNS(C)(=O)=O)B1OC2C[C@@H]3C[C@@H](C3(C)C)[C@]2(C)O1. The van der Waals surface area contributed by atoms with Crippen molar-refractivity contribution in [3.63, 3.8) is 0 Å². The number of nitrogens with two attached hydrogens (primary N) is 1. The smallest absolute Gasteiger partial charge is 0.404 e. The maximum Gasteiger partial charge on any atom is 0.481 e. The second-order valence-corrected chi connectivity index (χ2v) is 12.1. The summed E-state index contributed by atoms with van der Waals surface area (Å²) in [6.45, 7) is 10.8. The number of hydrogen-bond donors (Lipinski definition) is 3. The summed E-state index contributed by atoms with van der Waals surface area (Å²) < 4.78 is 37.6. The molecule has 0 aromatic carbocycles. The van der Waals surface area contributed by atoms with Gasteiger partial charge in [0.05, 0.1) is 29.9 Å². The molecule has 4 fully saturated rings. The van der Waals surface area contributed by atoms with E-state index in [0.29, 0.717) is 24.2 Å². The van der Waals surface area contributed by atoms with E-state index in [1.807, 2.05) is 0 Å². The van der Waals surface area contributed by atoms with Crippen molar-refractivity contribution in [1.82, 2.24) is 10.0 Å². The van der Waals surface area contributed by atoms with Crippen LogP contribution in [0.25, 0.3) is 0 Å². The number of rotatable bonds is 8. The van der Waals surface area contributed by atoms with Crippen LogP contribution in [0.5, 0.6) is 0 Å². The lowest BCUT2D eigenvalue weighted by molar-refractivity contribution is -0.199. The molecule has 1 heterocycles. The van der Waals surface area contributed by atoms with Gasteiger partial charge in [-0.05, 0) is 49.4 Å². The number of carbonyl (C=O) groups excluding carboxylic acids is 1. The predicted octanol–water partition coefficient (Wildman–Crippen LogP) is 0.661. The van der Waals surface area contributed by atoms with Crippen LogP contribution in [0.1, 0.15) is 53.9 Å². The molecular formula is C19H36BN3O5S. The Kier molecular flexibility index (Phi) is 6.17. The summed E-state index contributed by atoms with van der Waals surface area (Å²) in [6.07, 6.45) is 3.91. The molecule has 0 spiro atoms. The van der Waals surface area contributed by atoms with Gasteiger partial charge in [-0.3, -0.25) is 4.79 Å². The number of amides is 1. The second-order valence-electron chi connectivity index (χ2n) is 10.3. The minimum Gasteiger partial charge on any atom is -0.404 e. The van der Waals surface area contributed by atoms with Crippen molar-refractivity contribution in [3.8, 4) is 0 Å². The zero-order chi connectivity index (χ0) is 21.8. The highest BCUT2D eigenvalue weighted by Gasteiger charge is 2.68. The molecule has 1 amide bonds. The Hall–Kier alpha value is -0.675. The van der Waals surface area contributed by atoms with Gasteiger partial charge in [0.1, 0.15) is 0 Å². The van der Waals surface area contributed by atoms with Crippen LogP contribution in [0, 0.1) is 23.2 Å². The van der Waals surface area contributed by atoms with E-state index in [2.05, 4.69) is 44.7 Å².